The molecule has 0 aromatic rings. The van der Waals surface area contributed by atoms with Crippen LogP contribution < -0.4 is 5.73 Å². The van der Waals surface area contributed by atoms with E-state index in [1.54, 1.807) is 0 Å². The minimum Gasteiger partial charge on any atom is -0.330 e. The quantitative estimate of drug-likeness (QED) is 0.0616. The second kappa shape index (κ2) is 71.1. The number of nitrogens with two attached hydrogens (primary N) is 1. The Kier molecular flexibility index (Phi) is 71.0. The van der Waals surface area contributed by atoms with Crippen LogP contribution in [-0.2, 0) is 0 Å². The Labute approximate surface area is 496 Å². The largest absolute Gasteiger partial charge is 0.330 e. The van der Waals surface area contributed by atoms with Crippen molar-refractivity contribution in [3.63, 3.8) is 0 Å². The molecule has 0 aromatic heterocycles. The summed E-state index contributed by atoms with van der Waals surface area (Å²) in [6, 6.07) is 0. The molecule has 78 heavy (non-hydrogen) atoms. The van der Waals surface area contributed by atoms with Crippen LogP contribution in [0, 0.1) is 0 Å². The Morgan fingerprint density at radius 3 is 0.410 bits per heavy atom. The molecule has 0 aliphatic carbocycles. The van der Waals surface area contributed by atoms with E-state index in [1.807, 2.05) is 0 Å². The highest BCUT2D eigenvalue weighted by Gasteiger charge is 2.11. The van der Waals surface area contributed by atoms with Gasteiger partial charge in [0.15, 0.2) is 0 Å². The van der Waals surface area contributed by atoms with Crippen molar-refractivity contribution in [2.75, 3.05) is 65.4 Å². The van der Waals surface area contributed by atoms with Gasteiger partial charge in [-0.1, -0.05) is 362 Å². The number of unbranched alkanes of at least 4 members (excludes halogenated alkanes) is 53. The fourth-order valence-electron chi connectivity index (χ4n) is 12.6. The third-order valence-corrected chi connectivity index (χ3v) is 18.1. The Morgan fingerprint density at radius 1 is 0.141 bits per heavy atom. The summed E-state index contributed by atoms with van der Waals surface area (Å²) in [5.74, 6) is 0. The van der Waals surface area contributed by atoms with E-state index in [-0.39, 0.29) is 0 Å². The van der Waals surface area contributed by atoms with Gasteiger partial charge in [-0.05, 0) is 117 Å². The van der Waals surface area contributed by atoms with Crippen molar-refractivity contribution < 1.29 is 0 Å². The topological polar surface area (TPSA) is 35.7 Å². The lowest BCUT2D eigenvalue weighted by Gasteiger charge is -2.27. The van der Waals surface area contributed by atoms with Gasteiger partial charge < -0.3 is 20.4 Å². The molecule has 4 heteroatoms. The molecule has 4 nitrogen and oxygen atoms in total. The van der Waals surface area contributed by atoms with Crippen LogP contribution in [0.4, 0.5) is 0 Å². The van der Waals surface area contributed by atoms with Gasteiger partial charge >= 0.3 is 0 Å². The smallest absolute Gasteiger partial charge is 0.000655 e. The minimum absolute atomic E-state index is 0.831. The number of nitrogens with zero attached hydrogens (tertiary/aromatic N) is 3. The first-order chi connectivity index (χ1) is 38.7. The van der Waals surface area contributed by atoms with Crippen LogP contribution in [0.15, 0.2) is 0 Å². The normalized spacial score (nSPS) is 12.0. The van der Waals surface area contributed by atoms with Crippen molar-refractivity contribution in [3.8, 4) is 0 Å². The standard InChI is InChI=1S/C74H154N4/c1-5-9-13-17-21-25-29-33-37-41-45-49-53-57-66-76(72-63-65-75)70-61-62-71-78(69-60-56-52-48-44-40-36-32-28-24-20-16-12-8-4)74-64-73-77(67-58-54-50-46-42-38-34-30-26-22-18-14-10-6-2)68-59-55-51-47-43-39-35-31-27-23-19-15-11-7-3/h5-75H2,1-4H3. The van der Waals surface area contributed by atoms with Gasteiger partial charge in [-0.3, -0.25) is 0 Å². The lowest BCUT2D eigenvalue weighted by molar-refractivity contribution is 0.209. The molecule has 0 aliphatic heterocycles. The van der Waals surface area contributed by atoms with Crippen LogP contribution in [0.5, 0.6) is 0 Å². The molecule has 0 saturated heterocycles. The third-order valence-electron chi connectivity index (χ3n) is 18.1. The van der Waals surface area contributed by atoms with Crippen molar-refractivity contribution >= 4 is 0 Å². The van der Waals surface area contributed by atoms with E-state index in [0.29, 0.717) is 0 Å². The first kappa shape index (κ1) is 77.8. The Morgan fingerprint density at radius 2 is 0.256 bits per heavy atom. The van der Waals surface area contributed by atoms with Crippen LogP contribution in [0.3, 0.4) is 0 Å². The number of hydrogen-bond acceptors (Lipinski definition) is 4. The molecule has 0 unspecified atom stereocenters. The van der Waals surface area contributed by atoms with Crippen LogP contribution >= 0.6 is 0 Å². The minimum atomic E-state index is 0.831. The number of hydrogen-bond donors (Lipinski definition) is 1. The van der Waals surface area contributed by atoms with Crippen molar-refractivity contribution in [2.45, 2.75) is 413 Å². The molecule has 0 amide bonds. The first-order valence-electron chi connectivity index (χ1n) is 37.6. The molecule has 0 atom stereocenters. The van der Waals surface area contributed by atoms with Gasteiger partial charge in [-0.25, -0.2) is 0 Å². The van der Waals surface area contributed by atoms with Crippen molar-refractivity contribution in [3.05, 3.63) is 0 Å². The lowest BCUT2D eigenvalue weighted by atomic mass is 10.0. The summed E-state index contributed by atoms with van der Waals surface area (Å²) >= 11 is 0. The molecule has 0 aliphatic rings. The highest BCUT2D eigenvalue weighted by molar-refractivity contribution is 4.67. The summed E-state index contributed by atoms with van der Waals surface area (Å²) in [6.07, 6.45) is 86.4. The zero-order valence-corrected chi connectivity index (χ0v) is 55.4. The maximum Gasteiger partial charge on any atom is -0.000655 e. The molecule has 0 bridgehead atoms. The summed E-state index contributed by atoms with van der Waals surface area (Å²) in [7, 11) is 0. The second-order valence-corrected chi connectivity index (χ2v) is 26.1. The predicted octanol–water partition coefficient (Wildman–Crippen LogP) is 24.3. The average Bonchev–Trinajstić information content (AvgIpc) is 3.45. The maximum absolute atomic E-state index is 6.07. The lowest BCUT2D eigenvalue weighted by Crippen LogP contribution is -2.33. The zero-order valence-electron chi connectivity index (χ0n) is 55.4. The Hall–Kier alpha value is -0.160. The molecule has 0 radical (unpaired) electrons. The summed E-state index contributed by atoms with van der Waals surface area (Å²) in [6.45, 7) is 21.8. The van der Waals surface area contributed by atoms with E-state index < -0.39 is 0 Å². The molecule has 0 fully saturated rings. The van der Waals surface area contributed by atoms with E-state index in [2.05, 4.69) is 42.4 Å². The summed E-state index contributed by atoms with van der Waals surface area (Å²) < 4.78 is 0. The molecule has 0 rings (SSSR count). The second-order valence-electron chi connectivity index (χ2n) is 26.1. The maximum atomic E-state index is 6.07. The molecule has 0 saturated carbocycles. The van der Waals surface area contributed by atoms with Gasteiger partial charge in [-0.2, -0.15) is 0 Å². The summed E-state index contributed by atoms with van der Waals surface area (Å²) in [5, 5.41) is 0. The Balaban J connectivity index is 5.04. The van der Waals surface area contributed by atoms with Crippen molar-refractivity contribution in [1.82, 2.24) is 14.7 Å². The van der Waals surface area contributed by atoms with Gasteiger partial charge in [0.1, 0.15) is 0 Å². The van der Waals surface area contributed by atoms with E-state index in [4.69, 9.17) is 5.73 Å². The fourth-order valence-corrected chi connectivity index (χ4v) is 12.6. The molecule has 470 valence electrons. The summed E-state index contributed by atoms with van der Waals surface area (Å²) in [5.41, 5.74) is 6.07. The molecule has 0 aromatic carbocycles. The zero-order chi connectivity index (χ0) is 56.2. The molecular formula is C74H154N4. The van der Waals surface area contributed by atoms with Gasteiger partial charge in [0.05, 0.1) is 0 Å². The van der Waals surface area contributed by atoms with Gasteiger partial charge in [0, 0.05) is 0 Å². The van der Waals surface area contributed by atoms with Gasteiger partial charge in [-0.15, -0.1) is 0 Å². The predicted molar refractivity (Wildman–Crippen MR) is 358 cm³/mol. The Bertz CT molecular complexity index is 987. The summed E-state index contributed by atoms with van der Waals surface area (Å²) in [4.78, 5) is 8.64. The van der Waals surface area contributed by atoms with Crippen LogP contribution in [0.25, 0.3) is 0 Å². The van der Waals surface area contributed by atoms with Gasteiger partial charge in [0.2, 0.25) is 0 Å². The monoisotopic (exact) mass is 1100 g/mol. The molecule has 0 heterocycles. The SMILES string of the molecule is CCCCCCCCCCCCCCCCN(CCCN)CCCCN(CCCCCCCCCCCCCCCC)CCCN(CCCCCCCCCCCCCCCC)CCCCCCCCCCCCCCCC. The van der Waals surface area contributed by atoms with Crippen LogP contribution in [0.2, 0.25) is 0 Å². The number of rotatable bonds is 72. The van der Waals surface area contributed by atoms with Gasteiger partial charge in [0.25, 0.3) is 0 Å². The van der Waals surface area contributed by atoms with Crippen molar-refractivity contribution in [1.29, 1.82) is 0 Å². The average molecular weight is 1100 g/mol. The van der Waals surface area contributed by atoms with E-state index in [0.717, 1.165) is 13.0 Å². The first-order valence-corrected chi connectivity index (χ1v) is 37.6. The van der Waals surface area contributed by atoms with E-state index in [9.17, 15) is 0 Å². The fraction of sp³-hybridized carbons (Fsp3) is 1.00. The third kappa shape index (κ3) is 65.0. The molecule has 0 spiro atoms. The molecule has 2 N–H and O–H groups in total. The van der Waals surface area contributed by atoms with Crippen LogP contribution in [0.1, 0.15) is 413 Å². The highest BCUT2D eigenvalue weighted by Crippen LogP contribution is 2.19. The highest BCUT2D eigenvalue weighted by atomic mass is 15.1. The van der Waals surface area contributed by atoms with Crippen molar-refractivity contribution in [2.24, 2.45) is 5.73 Å². The molecular weight excluding hydrogens is 945 g/mol. The van der Waals surface area contributed by atoms with E-state index in [1.165, 1.54) is 438 Å². The van der Waals surface area contributed by atoms with E-state index >= 15 is 0 Å². The van der Waals surface area contributed by atoms with Crippen LogP contribution in [-0.4, -0.2) is 80.1 Å².